The van der Waals surface area contributed by atoms with E-state index in [0.29, 0.717) is 0 Å². The largest absolute Gasteiger partial charge is 0.0845 e. The average molecular weight is 147 g/mol. The summed E-state index contributed by atoms with van der Waals surface area (Å²) in [5.41, 5.74) is 0. The van der Waals surface area contributed by atoms with Crippen LogP contribution in [0.4, 0.5) is 0 Å². The molecule has 0 heteroatoms. The maximum absolute atomic E-state index is 3.24. The van der Waals surface area contributed by atoms with Gasteiger partial charge in [-0.15, -0.1) is 0 Å². The van der Waals surface area contributed by atoms with Gasteiger partial charge in [0.25, 0.3) is 0 Å². The predicted octanol–water partition coefficient (Wildman–Crippen LogP) is 3.42. The topological polar surface area (TPSA) is 0 Å². The molecule has 0 atom stereocenters. The Kier molecular flexibility index (Phi) is 4.51. The quantitative estimate of drug-likeness (QED) is 0.492. The van der Waals surface area contributed by atoms with Crippen LogP contribution in [0.5, 0.6) is 0 Å². The zero-order valence-corrected chi connectivity index (χ0v) is 6.92. The lowest BCUT2D eigenvalue weighted by atomic mass is 10.1. The van der Waals surface area contributed by atoms with Crippen molar-refractivity contribution >= 4 is 0 Å². The number of rotatable bonds is 0. The molecule has 1 aliphatic carbocycles. The first-order chi connectivity index (χ1) is 5.50. The van der Waals surface area contributed by atoms with E-state index >= 15 is 0 Å². The van der Waals surface area contributed by atoms with E-state index in [4.69, 9.17) is 0 Å². The molecule has 1 rings (SSSR count). The minimum atomic E-state index is 1.12. The van der Waals surface area contributed by atoms with Crippen molar-refractivity contribution in [1.82, 2.24) is 0 Å². The number of hydrogen-bond donors (Lipinski definition) is 0. The first-order valence-electron chi connectivity index (χ1n) is 4.38. The number of allylic oxidation sites excluding steroid dienone is 6. The Bertz CT molecular complexity index is 143. The molecule has 0 aromatic carbocycles. The van der Waals surface area contributed by atoms with Gasteiger partial charge in [-0.25, -0.2) is 0 Å². The van der Waals surface area contributed by atoms with E-state index < -0.39 is 0 Å². The van der Waals surface area contributed by atoms with E-state index in [1.165, 1.54) is 25.7 Å². The molecule has 0 bridgehead atoms. The highest BCUT2D eigenvalue weighted by Crippen LogP contribution is 2.04. The first kappa shape index (κ1) is 8.32. The predicted molar refractivity (Wildman–Crippen MR) is 49.2 cm³/mol. The molecule has 0 amide bonds. The summed E-state index contributed by atoms with van der Waals surface area (Å²) in [5.74, 6) is 0. The highest BCUT2D eigenvalue weighted by molar-refractivity contribution is 5.09. The fraction of sp³-hybridized carbons (Fsp3) is 0.455. The van der Waals surface area contributed by atoms with Crippen molar-refractivity contribution in [2.75, 3.05) is 0 Å². The van der Waals surface area contributed by atoms with Crippen LogP contribution >= 0.6 is 0 Å². The summed E-state index contributed by atoms with van der Waals surface area (Å²) in [6.07, 6.45) is 20.0. The summed E-state index contributed by atoms with van der Waals surface area (Å²) in [6, 6.07) is 0. The van der Waals surface area contributed by atoms with Crippen LogP contribution in [0.15, 0.2) is 30.4 Å². The van der Waals surface area contributed by atoms with Crippen molar-refractivity contribution in [3.05, 3.63) is 36.5 Å². The van der Waals surface area contributed by atoms with E-state index in [1.807, 2.05) is 12.2 Å². The van der Waals surface area contributed by atoms with Crippen molar-refractivity contribution in [3.63, 3.8) is 0 Å². The molecule has 0 fully saturated rings. The van der Waals surface area contributed by atoms with Gasteiger partial charge in [-0.3, -0.25) is 0 Å². The Morgan fingerprint density at radius 1 is 0.909 bits per heavy atom. The molecule has 59 valence electrons. The lowest BCUT2D eigenvalue weighted by molar-refractivity contribution is 0.691. The van der Waals surface area contributed by atoms with Gasteiger partial charge < -0.3 is 0 Å². The Balaban J connectivity index is 2.36. The summed E-state index contributed by atoms with van der Waals surface area (Å²) in [5, 5.41) is 0. The van der Waals surface area contributed by atoms with Gasteiger partial charge in [0.05, 0.1) is 0 Å². The second kappa shape index (κ2) is 5.96. The molecule has 0 aliphatic heterocycles. The molecule has 0 spiro atoms. The molecular formula is C11H15. The van der Waals surface area contributed by atoms with E-state index in [0.717, 1.165) is 6.42 Å². The Morgan fingerprint density at radius 3 is 2.91 bits per heavy atom. The van der Waals surface area contributed by atoms with E-state index in [9.17, 15) is 0 Å². The fourth-order valence-corrected chi connectivity index (χ4v) is 1.11. The molecule has 0 saturated carbocycles. The van der Waals surface area contributed by atoms with Crippen LogP contribution in [0.2, 0.25) is 0 Å². The third-order valence-corrected chi connectivity index (χ3v) is 1.76. The van der Waals surface area contributed by atoms with Crippen LogP contribution < -0.4 is 0 Å². The molecule has 1 aliphatic rings. The minimum absolute atomic E-state index is 1.12. The standard InChI is InChI=1S/C11H15/c1-2-4-6-8-10-11-9-7-5-3-1/h1-5H,6,8-11H2. The summed E-state index contributed by atoms with van der Waals surface area (Å²) in [4.78, 5) is 0. The molecule has 0 nitrogen and oxygen atoms in total. The fourth-order valence-electron chi connectivity index (χ4n) is 1.11. The summed E-state index contributed by atoms with van der Waals surface area (Å²) < 4.78 is 0. The second-order valence-electron chi connectivity index (χ2n) is 2.78. The Labute approximate surface area is 69.3 Å². The molecule has 0 N–H and O–H groups in total. The maximum atomic E-state index is 3.24. The maximum Gasteiger partial charge on any atom is -0.0276 e. The van der Waals surface area contributed by atoms with Gasteiger partial charge in [0.15, 0.2) is 0 Å². The van der Waals surface area contributed by atoms with Crippen LogP contribution in [-0.4, -0.2) is 0 Å². The molecule has 0 saturated heterocycles. The summed E-state index contributed by atoms with van der Waals surface area (Å²) >= 11 is 0. The van der Waals surface area contributed by atoms with Gasteiger partial charge in [0, 0.05) is 0 Å². The first-order valence-corrected chi connectivity index (χ1v) is 4.38. The van der Waals surface area contributed by atoms with Gasteiger partial charge in [0.2, 0.25) is 0 Å². The zero-order chi connectivity index (χ0) is 7.78. The normalized spacial score (nSPS) is 19.6. The van der Waals surface area contributed by atoms with Crippen LogP contribution in [0, 0.1) is 6.08 Å². The number of hydrogen-bond acceptors (Lipinski definition) is 0. The molecule has 0 unspecified atom stereocenters. The lowest BCUT2D eigenvalue weighted by Gasteiger charge is -1.92. The molecule has 0 aromatic heterocycles. The Hall–Kier alpha value is -0.780. The lowest BCUT2D eigenvalue weighted by Crippen LogP contribution is -1.74. The Morgan fingerprint density at radius 2 is 1.91 bits per heavy atom. The van der Waals surface area contributed by atoms with Crippen LogP contribution in [0.3, 0.4) is 0 Å². The van der Waals surface area contributed by atoms with Crippen molar-refractivity contribution < 1.29 is 0 Å². The van der Waals surface area contributed by atoms with Crippen molar-refractivity contribution in [2.24, 2.45) is 0 Å². The SMILES string of the molecule is [C]1=CC=CC=CCCCCC1. The molecular weight excluding hydrogens is 132 g/mol. The van der Waals surface area contributed by atoms with Gasteiger partial charge in [-0.1, -0.05) is 36.8 Å². The summed E-state index contributed by atoms with van der Waals surface area (Å²) in [7, 11) is 0. The van der Waals surface area contributed by atoms with Gasteiger partial charge in [-0.2, -0.15) is 0 Å². The van der Waals surface area contributed by atoms with Gasteiger partial charge in [0.1, 0.15) is 0 Å². The van der Waals surface area contributed by atoms with E-state index in [1.54, 1.807) is 0 Å². The van der Waals surface area contributed by atoms with Crippen molar-refractivity contribution in [3.8, 4) is 0 Å². The van der Waals surface area contributed by atoms with E-state index in [-0.39, 0.29) is 0 Å². The van der Waals surface area contributed by atoms with Crippen LogP contribution in [0.1, 0.15) is 32.1 Å². The average Bonchev–Trinajstić information content (AvgIpc) is 2.08. The summed E-state index contributed by atoms with van der Waals surface area (Å²) in [6.45, 7) is 0. The third kappa shape index (κ3) is 4.60. The molecule has 11 heavy (non-hydrogen) atoms. The van der Waals surface area contributed by atoms with Gasteiger partial charge >= 0.3 is 0 Å². The van der Waals surface area contributed by atoms with Crippen LogP contribution in [-0.2, 0) is 0 Å². The minimum Gasteiger partial charge on any atom is -0.0845 e. The monoisotopic (exact) mass is 147 g/mol. The van der Waals surface area contributed by atoms with Gasteiger partial charge in [-0.05, 0) is 31.8 Å². The smallest absolute Gasteiger partial charge is 0.0276 e. The molecule has 0 aromatic rings. The molecule has 0 heterocycles. The third-order valence-electron chi connectivity index (χ3n) is 1.76. The highest BCUT2D eigenvalue weighted by atomic mass is 13.9. The van der Waals surface area contributed by atoms with Crippen molar-refractivity contribution in [1.29, 1.82) is 0 Å². The highest BCUT2D eigenvalue weighted by Gasteiger charge is 1.85. The van der Waals surface area contributed by atoms with Crippen LogP contribution in [0.25, 0.3) is 0 Å². The van der Waals surface area contributed by atoms with E-state index in [2.05, 4.69) is 24.3 Å². The second-order valence-corrected chi connectivity index (χ2v) is 2.78. The molecule has 1 radical (unpaired) electrons. The zero-order valence-electron chi connectivity index (χ0n) is 6.92. The van der Waals surface area contributed by atoms with Crippen molar-refractivity contribution in [2.45, 2.75) is 32.1 Å².